The number of phosphoric acid groups is 1. The maximum absolute atomic E-state index is 11.9. The van der Waals surface area contributed by atoms with Crippen molar-refractivity contribution in [2.75, 3.05) is 47.5 Å². The Balaban J connectivity index is 3.57. The van der Waals surface area contributed by atoms with Gasteiger partial charge in [0.05, 0.1) is 27.7 Å². The van der Waals surface area contributed by atoms with Crippen molar-refractivity contribution in [3.05, 3.63) is 72.9 Å². The second-order valence-corrected chi connectivity index (χ2v) is 14.1. The topological polar surface area (TPSA) is 105 Å². The van der Waals surface area contributed by atoms with E-state index in [0.29, 0.717) is 11.0 Å². The molecule has 9 heteroatoms. The van der Waals surface area contributed by atoms with E-state index in [9.17, 15) is 19.4 Å². The molecule has 0 heterocycles. The van der Waals surface area contributed by atoms with E-state index in [1.807, 2.05) is 21.1 Å². The first kappa shape index (κ1) is 44.9. The average Bonchev–Trinajstić information content (AvgIpc) is 3.01. The minimum Gasteiger partial charge on any atom is -0.756 e. The molecule has 0 aliphatic carbocycles. The molecule has 0 saturated carbocycles. The van der Waals surface area contributed by atoms with E-state index in [4.69, 9.17) is 9.26 Å². The fraction of sp³-hybridized carbons (Fsp3) is 0.658. The van der Waals surface area contributed by atoms with Crippen LogP contribution in [0.2, 0.25) is 0 Å². The normalized spacial score (nSPS) is 14.9. The lowest BCUT2D eigenvalue weighted by atomic mass is 10.1. The van der Waals surface area contributed by atoms with Gasteiger partial charge in [0.1, 0.15) is 25.9 Å². The maximum Gasteiger partial charge on any atom is 0.305 e. The summed E-state index contributed by atoms with van der Waals surface area (Å²) in [5, 5.41) is 9.86. The predicted octanol–water partition coefficient (Wildman–Crippen LogP) is 8.70. The number of esters is 1. The number of phosphoric ester groups is 1. The van der Waals surface area contributed by atoms with Gasteiger partial charge in [0.15, 0.2) is 0 Å². The van der Waals surface area contributed by atoms with Gasteiger partial charge in [0, 0.05) is 6.42 Å². The Labute approximate surface area is 287 Å². The van der Waals surface area contributed by atoms with Crippen LogP contribution in [-0.2, 0) is 23.1 Å². The van der Waals surface area contributed by atoms with Crippen molar-refractivity contribution in [1.82, 2.24) is 0 Å². The lowest BCUT2D eigenvalue weighted by Gasteiger charge is -2.27. The Morgan fingerprint density at radius 1 is 0.681 bits per heavy atom. The SMILES string of the molecule is CC/C=C\C/C=C\C/C=C\C/C=C\C/C=C\C/C=C\CCCCCCCCCCC(=O)OCC(O)COP(=O)([O-])OCC[N+](C)(C)C. The quantitative estimate of drug-likeness (QED) is 0.0257. The second kappa shape index (κ2) is 31.2. The summed E-state index contributed by atoms with van der Waals surface area (Å²) in [6, 6.07) is 0. The van der Waals surface area contributed by atoms with Crippen molar-refractivity contribution in [3.63, 3.8) is 0 Å². The van der Waals surface area contributed by atoms with E-state index in [-0.39, 0.29) is 19.6 Å². The maximum atomic E-state index is 11.9. The summed E-state index contributed by atoms with van der Waals surface area (Å²) in [4.78, 5) is 23.6. The molecular weight excluding hydrogens is 613 g/mol. The van der Waals surface area contributed by atoms with Gasteiger partial charge in [-0.05, 0) is 57.8 Å². The summed E-state index contributed by atoms with van der Waals surface area (Å²) in [6.07, 6.45) is 41.9. The van der Waals surface area contributed by atoms with Gasteiger partial charge in [0.2, 0.25) is 0 Å². The van der Waals surface area contributed by atoms with Gasteiger partial charge in [-0.15, -0.1) is 0 Å². The third-order valence-electron chi connectivity index (χ3n) is 6.97. The minimum atomic E-state index is -4.51. The van der Waals surface area contributed by atoms with Crippen LogP contribution in [0.4, 0.5) is 0 Å². The lowest BCUT2D eigenvalue weighted by molar-refractivity contribution is -0.870. The molecule has 0 amide bonds. The molecule has 2 atom stereocenters. The van der Waals surface area contributed by atoms with Crippen LogP contribution in [0, 0.1) is 0 Å². The van der Waals surface area contributed by atoms with Crippen LogP contribution >= 0.6 is 7.82 Å². The first-order valence-electron chi connectivity index (χ1n) is 17.7. The highest BCUT2D eigenvalue weighted by Gasteiger charge is 2.16. The molecule has 0 aliphatic heterocycles. The van der Waals surface area contributed by atoms with Crippen LogP contribution < -0.4 is 4.89 Å². The van der Waals surface area contributed by atoms with Crippen LogP contribution in [0.3, 0.4) is 0 Å². The van der Waals surface area contributed by atoms with Gasteiger partial charge in [-0.1, -0.05) is 118 Å². The predicted molar refractivity (Wildman–Crippen MR) is 194 cm³/mol. The average molecular weight is 680 g/mol. The molecule has 8 nitrogen and oxygen atoms in total. The largest absolute Gasteiger partial charge is 0.756 e. The Morgan fingerprint density at radius 2 is 1.13 bits per heavy atom. The Kier molecular flexibility index (Phi) is 29.9. The second-order valence-electron chi connectivity index (χ2n) is 12.7. The number of quaternary nitrogens is 1. The third kappa shape index (κ3) is 36.6. The van der Waals surface area contributed by atoms with E-state index in [1.165, 1.54) is 25.7 Å². The number of hydrogen-bond donors (Lipinski definition) is 1. The molecule has 0 spiro atoms. The molecule has 0 aliphatic rings. The highest BCUT2D eigenvalue weighted by atomic mass is 31.2. The number of hydrogen-bond acceptors (Lipinski definition) is 7. The number of rotatable bonds is 31. The van der Waals surface area contributed by atoms with Crippen LogP contribution in [0.25, 0.3) is 0 Å². The molecule has 0 fully saturated rings. The number of unbranched alkanes of at least 4 members (excludes halogenated alkanes) is 8. The summed E-state index contributed by atoms with van der Waals surface area (Å²) >= 11 is 0. The number of likely N-dealkylation sites (N-methyl/N-ethyl adjacent to an activating group) is 1. The van der Waals surface area contributed by atoms with E-state index in [1.54, 1.807) is 0 Å². The van der Waals surface area contributed by atoms with Crippen molar-refractivity contribution in [1.29, 1.82) is 0 Å². The van der Waals surface area contributed by atoms with Gasteiger partial charge in [-0.3, -0.25) is 9.36 Å². The Morgan fingerprint density at radius 3 is 1.62 bits per heavy atom. The highest BCUT2D eigenvalue weighted by molar-refractivity contribution is 7.45. The number of aliphatic hydroxyl groups is 1. The van der Waals surface area contributed by atoms with Gasteiger partial charge in [0.25, 0.3) is 7.82 Å². The highest BCUT2D eigenvalue weighted by Crippen LogP contribution is 2.38. The van der Waals surface area contributed by atoms with Gasteiger partial charge >= 0.3 is 5.97 Å². The lowest BCUT2D eigenvalue weighted by Crippen LogP contribution is -2.37. The Bertz CT molecular complexity index is 979. The molecule has 0 aromatic carbocycles. The van der Waals surface area contributed by atoms with E-state index < -0.39 is 26.5 Å². The molecule has 0 aromatic rings. The Hall–Kier alpha value is -2.06. The third-order valence-corrected chi connectivity index (χ3v) is 7.94. The molecular formula is C38H66NO7P. The standard InChI is InChI=1S/C38H66NO7P/c1-5-6-7-8-9-10-11-12-13-14-15-16-17-18-19-20-21-22-23-24-25-26-27-28-29-30-31-32-38(41)44-35-37(40)36-46-47(42,43)45-34-33-39(2,3)4/h6-7,9-10,12-13,15-16,18-19,21-22,37,40H,5,8,11,14,17,20,23-36H2,1-4H3/b7-6-,10-9-,13-12-,16-15-,19-18-,22-21-. The zero-order valence-electron chi connectivity index (χ0n) is 29.9. The van der Waals surface area contributed by atoms with Crippen molar-refractivity contribution in [2.45, 2.75) is 116 Å². The van der Waals surface area contributed by atoms with E-state index >= 15 is 0 Å². The summed E-state index contributed by atoms with van der Waals surface area (Å²) < 4.78 is 26.8. The molecule has 0 saturated heterocycles. The van der Waals surface area contributed by atoms with Gasteiger partial charge < -0.3 is 28.3 Å². The molecule has 47 heavy (non-hydrogen) atoms. The number of aliphatic hydroxyl groups excluding tert-OH is 1. The van der Waals surface area contributed by atoms with Gasteiger partial charge in [-0.25, -0.2) is 0 Å². The fourth-order valence-electron chi connectivity index (χ4n) is 4.18. The van der Waals surface area contributed by atoms with Crippen LogP contribution in [0.1, 0.15) is 110 Å². The molecule has 1 N–H and O–H groups in total. The number of nitrogens with zero attached hydrogens (tertiary/aromatic N) is 1. The zero-order valence-corrected chi connectivity index (χ0v) is 30.8. The van der Waals surface area contributed by atoms with Crippen molar-refractivity contribution in [2.24, 2.45) is 0 Å². The van der Waals surface area contributed by atoms with Crippen LogP contribution in [0.5, 0.6) is 0 Å². The first-order valence-corrected chi connectivity index (χ1v) is 19.2. The van der Waals surface area contributed by atoms with Crippen molar-refractivity contribution >= 4 is 13.8 Å². The molecule has 2 unspecified atom stereocenters. The smallest absolute Gasteiger partial charge is 0.305 e. The monoisotopic (exact) mass is 679 g/mol. The minimum absolute atomic E-state index is 0.0135. The van der Waals surface area contributed by atoms with Crippen LogP contribution in [-0.4, -0.2) is 69.2 Å². The molecule has 0 rings (SSSR count). The van der Waals surface area contributed by atoms with Crippen molar-refractivity contribution in [3.8, 4) is 0 Å². The van der Waals surface area contributed by atoms with Crippen LogP contribution in [0.15, 0.2) is 72.9 Å². The number of carbonyl (C=O) groups is 1. The number of carbonyl (C=O) groups excluding carboxylic acids is 1. The molecule has 0 bridgehead atoms. The molecule has 270 valence electrons. The van der Waals surface area contributed by atoms with Gasteiger partial charge in [-0.2, -0.15) is 0 Å². The zero-order chi connectivity index (χ0) is 34.9. The van der Waals surface area contributed by atoms with E-state index in [2.05, 4.69) is 84.4 Å². The fourth-order valence-corrected chi connectivity index (χ4v) is 4.92. The summed E-state index contributed by atoms with van der Waals surface area (Å²) in [7, 11) is 1.23. The number of allylic oxidation sites excluding steroid dienone is 12. The van der Waals surface area contributed by atoms with E-state index in [0.717, 1.165) is 70.6 Å². The molecule has 0 radical (unpaired) electrons. The van der Waals surface area contributed by atoms with Crippen molar-refractivity contribution < 1.29 is 37.6 Å². The summed E-state index contributed by atoms with van der Waals surface area (Å²) in [5.41, 5.74) is 0. The summed E-state index contributed by atoms with van der Waals surface area (Å²) in [5.74, 6) is -0.400. The summed E-state index contributed by atoms with van der Waals surface area (Å²) in [6.45, 7) is 1.80. The first-order chi connectivity index (χ1) is 22.6. The molecule has 0 aromatic heterocycles. The number of ether oxygens (including phenoxy) is 1.